The van der Waals surface area contributed by atoms with Gasteiger partial charge >= 0.3 is 0 Å². The zero-order valence-electron chi connectivity index (χ0n) is 12.2. The van der Waals surface area contributed by atoms with Gasteiger partial charge in [0.15, 0.2) is 5.75 Å². The van der Waals surface area contributed by atoms with Gasteiger partial charge in [-0.3, -0.25) is 4.79 Å². The SMILES string of the molecule is CC.COCc1cc(=O)c(OCc2ccccc2)c[nH]1. The van der Waals surface area contributed by atoms with Crippen LogP contribution in [0.15, 0.2) is 47.4 Å². The summed E-state index contributed by atoms with van der Waals surface area (Å²) < 4.78 is 10.4. The smallest absolute Gasteiger partial charge is 0.223 e. The molecule has 0 bridgehead atoms. The molecule has 4 nitrogen and oxygen atoms in total. The van der Waals surface area contributed by atoms with E-state index in [1.807, 2.05) is 44.2 Å². The number of methoxy groups -OCH3 is 1. The highest BCUT2D eigenvalue weighted by molar-refractivity contribution is 5.21. The maximum Gasteiger partial charge on any atom is 0.223 e. The second kappa shape index (κ2) is 8.93. The fraction of sp³-hybridized carbons (Fsp3) is 0.312. The van der Waals surface area contributed by atoms with Crippen molar-refractivity contribution in [2.45, 2.75) is 27.1 Å². The second-order valence-corrected chi connectivity index (χ2v) is 3.89. The molecule has 0 fully saturated rings. The van der Waals surface area contributed by atoms with Crippen LogP contribution in [-0.2, 0) is 18.0 Å². The highest BCUT2D eigenvalue weighted by Gasteiger charge is 2.02. The Labute approximate surface area is 119 Å². The van der Waals surface area contributed by atoms with E-state index in [1.54, 1.807) is 13.3 Å². The molecule has 1 N–H and O–H groups in total. The standard InChI is InChI=1S/C14H15NO3.C2H6/c1-17-10-12-7-13(16)14(8-15-12)18-9-11-5-3-2-4-6-11;1-2/h2-8H,9-10H2,1H3,(H,15,16);1-2H3. The third-order valence-corrected chi connectivity index (χ3v) is 2.47. The van der Waals surface area contributed by atoms with E-state index in [9.17, 15) is 4.79 Å². The maximum atomic E-state index is 11.7. The number of ether oxygens (including phenoxy) is 2. The Balaban J connectivity index is 0.000000956. The summed E-state index contributed by atoms with van der Waals surface area (Å²) in [4.78, 5) is 14.7. The molecule has 0 spiro atoms. The molecule has 2 rings (SSSR count). The lowest BCUT2D eigenvalue weighted by atomic mass is 10.2. The Kier molecular flexibility index (Phi) is 7.14. The summed E-state index contributed by atoms with van der Waals surface area (Å²) in [7, 11) is 1.58. The van der Waals surface area contributed by atoms with E-state index in [0.29, 0.717) is 19.0 Å². The normalized spacial score (nSPS) is 9.55. The minimum absolute atomic E-state index is 0.142. The third-order valence-electron chi connectivity index (χ3n) is 2.47. The molecule has 0 unspecified atom stereocenters. The molecule has 20 heavy (non-hydrogen) atoms. The minimum Gasteiger partial charge on any atom is -0.483 e. The van der Waals surface area contributed by atoms with Gasteiger partial charge in [-0.25, -0.2) is 0 Å². The van der Waals surface area contributed by atoms with Crippen LogP contribution in [0.2, 0.25) is 0 Å². The fourth-order valence-corrected chi connectivity index (χ4v) is 1.59. The molecule has 0 saturated heterocycles. The first-order valence-corrected chi connectivity index (χ1v) is 6.67. The van der Waals surface area contributed by atoms with Crippen LogP contribution in [-0.4, -0.2) is 12.1 Å². The van der Waals surface area contributed by atoms with E-state index in [0.717, 1.165) is 11.3 Å². The lowest BCUT2D eigenvalue weighted by Crippen LogP contribution is -2.09. The Morgan fingerprint density at radius 1 is 1.10 bits per heavy atom. The molecular weight excluding hydrogens is 254 g/mol. The van der Waals surface area contributed by atoms with Crippen LogP contribution in [0, 0.1) is 0 Å². The topological polar surface area (TPSA) is 51.3 Å². The third kappa shape index (κ3) is 4.90. The van der Waals surface area contributed by atoms with E-state index < -0.39 is 0 Å². The molecule has 0 aliphatic heterocycles. The van der Waals surface area contributed by atoms with Crippen LogP contribution in [0.4, 0.5) is 0 Å². The molecule has 0 saturated carbocycles. The first kappa shape index (κ1) is 16.0. The second-order valence-electron chi connectivity index (χ2n) is 3.89. The summed E-state index contributed by atoms with van der Waals surface area (Å²) in [5.41, 5.74) is 1.61. The average Bonchev–Trinajstić information content (AvgIpc) is 2.50. The molecule has 0 radical (unpaired) electrons. The van der Waals surface area contributed by atoms with Crippen molar-refractivity contribution in [1.82, 2.24) is 4.98 Å². The van der Waals surface area contributed by atoms with Crippen molar-refractivity contribution in [2.75, 3.05) is 7.11 Å². The van der Waals surface area contributed by atoms with Gasteiger partial charge in [-0.2, -0.15) is 0 Å². The van der Waals surface area contributed by atoms with E-state index in [4.69, 9.17) is 9.47 Å². The van der Waals surface area contributed by atoms with Gasteiger partial charge in [0.2, 0.25) is 5.43 Å². The van der Waals surface area contributed by atoms with Gasteiger partial charge in [-0.15, -0.1) is 0 Å². The zero-order valence-corrected chi connectivity index (χ0v) is 12.2. The Morgan fingerprint density at radius 3 is 2.40 bits per heavy atom. The van der Waals surface area contributed by atoms with Crippen molar-refractivity contribution in [3.05, 3.63) is 64.1 Å². The highest BCUT2D eigenvalue weighted by Crippen LogP contribution is 2.07. The van der Waals surface area contributed by atoms with Gasteiger partial charge in [0.1, 0.15) is 6.61 Å². The molecule has 108 valence electrons. The Bertz CT molecular complexity index is 549. The number of hydrogen-bond donors (Lipinski definition) is 1. The largest absolute Gasteiger partial charge is 0.483 e. The van der Waals surface area contributed by atoms with Crippen LogP contribution < -0.4 is 10.2 Å². The number of hydrogen-bond acceptors (Lipinski definition) is 3. The van der Waals surface area contributed by atoms with E-state index in [1.165, 1.54) is 6.07 Å². The molecule has 2 aromatic rings. The first-order valence-electron chi connectivity index (χ1n) is 6.67. The lowest BCUT2D eigenvalue weighted by Gasteiger charge is -2.06. The lowest BCUT2D eigenvalue weighted by molar-refractivity contribution is 0.181. The summed E-state index contributed by atoms with van der Waals surface area (Å²) in [5, 5.41) is 0. The van der Waals surface area contributed by atoms with Gasteiger partial charge in [0.05, 0.1) is 6.61 Å². The van der Waals surface area contributed by atoms with Crippen LogP contribution in [0.5, 0.6) is 5.75 Å². The summed E-state index contributed by atoms with van der Waals surface area (Å²) in [6.45, 7) is 4.77. The van der Waals surface area contributed by atoms with Crippen molar-refractivity contribution < 1.29 is 9.47 Å². The molecule has 0 atom stereocenters. The summed E-state index contributed by atoms with van der Waals surface area (Å²) >= 11 is 0. The molecule has 1 heterocycles. The maximum absolute atomic E-state index is 11.7. The monoisotopic (exact) mass is 275 g/mol. The summed E-state index contributed by atoms with van der Waals surface area (Å²) in [6.07, 6.45) is 1.57. The minimum atomic E-state index is -0.142. The number of rotatable bonds is 5. The molecule has 0 aliphatic carbocycles. The van der Waals surface area contributed by atoms with Crippen molar-refractivity contribution >= 4 is 0 Å². The molecule has 1 aromatic carbocycles. The highest BCUT2D eigenvalue weighted by atomic mass is 16.5. The summed E-state index contributed by atoms with van der Waals surface area (Å²) in [5.74, 6) is 0.318. The number of benzene rings is 1. The van der Waals surface area contributed by atoms with Crippen LogP contribution in [0.3, 0.4) is 0 Å². The Morgan fingerprint density at radius 2 is 1.80 bits per heavy atom. The van der Waals surface area contributed by atoms with Crippen molar-refractivity contribution in [2.24, 2.45) is 0 Å². The number of H-pyrrole nitrogens is 1. The molecule has 0 amide bonds. The van der Waals surface area contributed by atoms with Gasteiger partial charge in [-0.1, -0.05) is 44.2 Å². The van der Waals surface area contributed by atoms with Crippen molar-refractivity contribution in [3.63, 3.8) is 0 Å². The van der Waals surface area contributed by atoms with Gasteiger partial charge in [0.25, 0.3) is 0 Å². The van der Waals surface area contributed by atoms with Crippen LogP contribution in [0.25, 0.3) is 0 Å². The molecule has 1 aromatic heterocycles. The van der Waals surface area contributed by atoms with E-state index >= 15 is 0 Å². The predicted molar refractivity (Wildman–Crippen MR) is 79.9 cm³/mol. The predicted octanol–water partition coefficient (Wildman–Crippen LogP) is 3.13. The molecule has 4 heteroatoms. The number of aromatic nitrogens is 1. The van der Waals surface area contributed by atoms with Gasteiger partial charge in [0, 0.05) is 25.1 Å². The van der Waals surface area contributed by atoms with E-state index in [2.05, 4.69) is 4.98 Å². The van der Waals surface area contributed by atoms with Crippen LogP contribution in [0.1, 0.15) is 25.1 Å². The quantitative estimate of drug-likeness (QED) is 0.912. The Hall–Kier alpha value is -2.07. The number of aromatic amines is 1. The zero-order chi connectivity index (χ0) is 14.8. The average molecular weight is 275 g/mol. The van der Waals surface area contributed by atoms with Gasteiger partial charge in [-0.05, 0) is 5.56 Å². The van der Waals surface area contributed by atoms with Crippen LogP contribution >= 0.6 is 0 Å². The molecule has 0 aliphatic rings. The first-order chi connectivity index (χ1) is 9.79. The van der Waals surface area contributed by atoms with E-state index in [-0.39, 0.29) is 5.43 Å². The van der Waals surface area contributed by atoms with Crippen molar-refractivity contribution in [3.8, 4) is 5.75 Å². The summed E-state index contributed by atoms with van der Waals surface area (Å²) in [6, 6.07) is 11.2. The van der Waals surface area contributed by atoms with Gasteiger partial charge < -0.3 is 14.5 Å². The number of nitrogens with one attached hydrogen (secondary N) is 1. The number of pyridine rings is 1. The van der Waals surface area contributed by atoms with Crippen molar-refractivity contribution in [1.29, 1.82) is 0 Å². The molecular formula is C16H21NO3. The fourth-order valence-electron chi connectivity index (χ4n) is 1.59.